The topological polar surface area (TPSA) is 52.8 Å². The number of methoxy groups -OCH3 is 1. The molecule has 1 aromatic carbocycles. The van der Waals surface area contributed by atoms with Gasteiger partial charge in [-0.05, 0) is 78.1 Å². The summed E-state index contributed by atoms with van der Waals surface area (Å²) in [4.78, 5) is 12.6. The van der Waals surface area contributed by atoms with E-state index in [1.54, 1.807) is 48.5 Å². The maximum Gasteiger partial charge on any atom is 0.434 e. The number of halogens is 3. The molecule has 5 nitrogen and oxygen atoms in total. The van der Waals surface area contributed by atoms with Gasteiger partial charge in [0, 0.05) is 16.3 Å². The van der Waals surface area contributed by atoms with E-state index in [1.807, 2.05) is 0 Å². The van der Waals surface area contributed by atoms with E-state index in [0.717, 1.165) is 11.9 Å². The highest BCUT2D eigenvalue weighted by atomic mass is 32.2. The van der Waals surface area contributed by atoms with Crippen molar-refractivity contribution in [2.45, 2.75) is 65.0 Å². The third-order valence-corrected chi connectivity index (χ3v) is 4.67. The van der Waals surface area contributed by atoms with E-state index in [0.29, 0.717) is 11.1 Å². The van der Waals surface area contributed by atoms with Crippen LogP contribution in [0.5, 0.6) is 5.75 Å². The number of nitrogens with zero attached hydrogens (tertiary/aromatic N) is 2. The number of carbonyl (C=O) groups is 1. The Balaban J connectivity index is 2.81. The SMILES string of the molecule is COc1cc(C)c2c(ccn2C(=O)OC(C)(C)C)c1/C(=N/SC(C)(C)C)C(F)(F)F. The van der Waals surface area contributed by atoms with Crippen molar-refractivity contribution in [3.05, 3.63) is 29.5 Å². The average Bonchev–Trinajstić information content (AvgIpc) is 2.98. The van der Waals surface area contributed by atoms with Crippen LogP contribution in [0.25, 0.3) is 10.9 Å². The highest BCUT2D eigenvalue weighted by Crippen LogP contribution is 2.39. The summed E-state index contributed by atoms with van der Waals surface area (Å²) in [6, 6.07) is 2.93. The number of ether oxygens (including phenoxy) is 2. The van der Waals surface area contributed by atoms with Gasteiger partial charge in [-0.25, -0.2) is 9.19 Å². The van der Waals surface area contributed by atoms with E-state index in [2.05, 4.69) is 4.40 Å². The molecule has 0 radical (unpaired) electrons. The molecule has 30 heavy (non-hydrogen) atoms. The molecule has 0 unspecified atom stereocenters. The van der Waals surface area contributed by atoms with E-state index in [4.69, 9.17) is 9.47 Å². The fourth-order valence-corrected chi connectivity index (χ4v) is 3.36. The van der Waals surface area contributed by atoms with Gasteiger partial charge in [0.05, 0.1) is 18.2 Å². The second kappa shape index (κ2) is 8.17. The number of aryl methyl sites for hydroxylation is 1. The molecule has 0 N–H and O–H groups in total. The minimum absolute atomic E-state index is 0.0347. The van der Waals surface area contributed by atoms with E-state index >= 15 is 0 Å². The first-order chi connectivity index (χ1) is 13.5. The van der Waals surface area contributed by atoms with Crippen LogP contribution in [-0.4, -0.2) is 40.0 Å². The zero-order chi connectivity index (χ0) is 23.1. The summed E-state index contributed by atoms with van der Waals surface area (Å²) in [5.74, 6) is 0.0347. The summed E-state index contributed by atoms with van der Waals surface area (Å²) in [6.07, 6.45) is -3.99. The summed E-state index contributed by atoms with van der Waals surface area (Å²) < 4.78 is 57.3. The maximum absolute atomic E-state index is 14.0. The molecule has 0 aliphatic rings. The molecule has 0 fully saturated rings. The van der Waals surface area contributed by atoms with Crippen LogP contribution in [0.4, 0.5) is 18.0 Å². The Kier molecular flexibility index (Phi) is 6.57. The molecule has 9 heteroatoms. The van der Waals surface area contributed by atoms with Gasteiger partial charge in [0.15, 0.2) is 5.71 Å². The van der Waals surface area contributed by atoms with Crippen LogP contribution >= 0.6 is 11.9 Å². The van der Waals surface area contributed by atoms with Crippen LogP contribution in [0.2, 0.25) is 0 Å². The third-order valence-electron chi connectivity index (χ3n) is 3.85. The van der Waals surface area contributed by atoms with Gasteiger partial charge in [-0.1, -0.05) is 0 Å². The predicted octanol–water partition coefficient (Wildman–Crippen LogP) is 6.54. The fourth-order valence-electron chi connectivity index (χ4n) is 2.80. The zero-order valence-corrected chi connectivity index (χ0v) is 19.2. The molecule has 0 aliphatic heterocycles. The quantitative estimate of drug-likeness (QED) is 0.398. The van der Waals surface area contributed by atoms with E-state index in [-0.39, 0.29) is 16.7 Å². The zero-order valence-electron chi connectivity index (χ0n) is 18.4. The maximum atomic E-state index is 14.0. The molecule has 0 aliphatic carbocycles. The van der Waals surface area contributed by atoms with Gasteiger partial charge in [-0.2, -0.15) is 13.2 Å². The summed E-state index contributed by atoms with van der Waals surface area (Å²) in [7, 11) is 1.31. The van der Waals surface area contributed by atoms with Gasteiger partial charge in [-0.3, -0.25) is 4.57 Å². The lowest BCUT2D eigenvalue weighted by Gasteiger charge is -2.21. The largest absolute Gasteiger partial charge is 0.496 e. The van der Waals surface area contributed by atoms with Gasteiger partial charge >= 0.3 is 12.3 Å². The number of hydrogen-bond donors (Lipinski definition) is 0. The third kappa shape index (κ3) is 5.50. The van der Waals surface area contributed by atoms with Crippen molar-refractivity contribution in [1.82, 2.24) is 4.57 Å². The molecule has 0 saturated heterocycles. The Morgan fingerprint density at radius 1 is 1.13 bits per heavy atom. The minimum atomic E-state index is -4.72. The molecular weight excluding hydrogens is 417 g/mol. The van der Waals surface area contributed by atoms with Gasteiger partial charge in [0.1, 0.15) is 11.4 Å². The first-order valence-electron chi connectivity index (χ1n) is 9.31. The Morgan fingerprint density at radius 2 is 1.73 bits per heavy atom. The normalized spacial score (nSPS) is 13.6. The van der Waals surface area contributed by atoms with Crippen molar-refractivity contribution >= 4 is 34.7 Å². The number of alkyl halides is 3. The van der Waals surface area contributed by atoms with Crippen molar-refractivity contribution in [2.75, 3.05) is 7.11 Å². The number of carbonyl (C=O) groups excluding carboxylic acids is 1. The Hall–Kier alpha value is -2.16. The number of hydrogen-bond acceptors (Lipinski definition) is 5. The fraction of sp³-hybridized carbons (Fsp3) is 0.524. The number of aromatic nitrogens is 1. The second-order valence-corrected chi connectivity index (χ2v) is 10.4. The predicted molar refractivity (Wildman–Crippen MR) is 115 cm³/mol. The van der Waals surface area contributed by atoms with Crippen LogP contribution in [0, 0.1) is 6.92 Å². The Morgan fingerprint density at radius 3 is 2.20 bits per heavy atom. The van der Waals surface area contributed by atoms with Gasteiger partial charge in [0.25, 0.3) is 0 Å². The lowest BCUT2D eigenvalue weighted by Crippen LogP contribution is -2.27. The van der Waals surface area contributed by atoms with Gasteiger partial charge < -0.3 is 9.47 Å². The van der Waals surface area contributed by atoms with Crippen LogP contribution in [0.3, 0.4) is 0 Å². The molecule has 0 bridgehead atoms. The van der Waals surface area contributed by atoms with E-state index < -0.39 is 28.3 Å². The molecule has 0 spiro atoms. The van der Waals surface area contributed by atoms with Crippen molar-refractivity contribution in [3.8, 4) is 5.75 Å². The number of benzene rings is 1. The first kappa shape index (κ1) is 24.1. The standard InChI is InChI=1S/C21H27F3N2O3S/c1-12-11-14(28-8)15(17(21(22,23)24)25-30-20(5,6)7)13-9-10-26(16(12)13)18(27)29-19(2,3)4/h9-11H,1-8H3/b25-17-. The highest BCUT2D eigenvalue weighted by molar-refractivity contribution is 7.99. The molecule has 1 aromatic heterocycles. The monoisotopic (exact) mass is 444 g/mol. The minimum Gasteiger partial charge on any atom is -0.496 e. The van der Waals surface area contributed by atoms with Crippen LogP contribution < -0.4 is 4.74 Å². The van der Waals surface area contributed by atoms with Gasteiger partial charge in [0.2, 0.25) is 0 Å². The summed E-state index contributed by atoms with van der Waals surface area (Å²) in [5.41, 5.74) is -1.13. The smallest absolute Gasteiger partial charge is 0.434 e. The second-order valence-electron chi connectivity index (χ2n) is 8.84. The van der Waals surface area contributed by atoms with Crippen molar-refractivity contribution < 1.29 is 27.4 Å². The average molecular weight is 445 g/mol. The Labute approximate surface area is 178 Å². The van der Waals surface area contributed by atoms with E-state index in [1.165, 1.54) is 30.0 Å². The molecule has 166 valence electrons. The molecular formula is C21H27F3N2O3S. The number of fused-ring (bicyclic) bond motifs is 1. The molecule has 2 aromatic rings. The van der Waals surface area contributed by atoms with Crippen LogP contribution in [-0.2, 0) is 4.74 Å². The van der Waals surface area contributed by atoms with Gasteiger partial charge in [-0.15, -0.1) is 0 Å². The van der Waals surface area contributed by atoms with Crippen LogP contribution in [0.15, 0.2) is 22.7 Å². The molecule has 2 rings (SSSR count). The highest BCUT2D eigenvalue weighted by Gasteiger charge is 2.40. The lowest BCUT2D eigenvalue weighted by atomic mass is 10.0. The summed E-state index contributed by atoms with van der Waals surface area (Å²) in [6.45, 7) is 12.2. The molecule has 1 heterocycles. The summed E-state index contributed by atoms with van der Waals surface area (Å²) in [5, 5.41) is 0.211. The first-order valence-corrected chi connectivity index (χ1v) is 10.1. The molecule has 0 amide bonds. The molecule has 0 atom stereocenters. The van der Waals surface area contributed by atoms with Crippen molar-refractivity contribution in [3.63, 3.8) is 0 Å². The summed E-state index contributed by atoms with van der Waals surface area (Å²) >= 11 is 0.830. The van der Waals surface area contributed by atoms with Crippen molar-refractivity contribution in [1.29, 1.82) is 0 Å². The lowest BCUT2D eigenvalue weighted by molar-refractivity contribution is -0.0578. The Bertz CT molecular complexity index is 981. The number of rotatable bonds is 3. The van der Waals surface area contributed by atoms with Crippen molar-refractivity contribution in [2.24, 2.45) is 4.40 Å². The molecule has 0 saturated carbocycles. The van der Waals surface area contributed by atoms with E-state index in [9.17, 15) is 18.0 Å². The van der Waals surface area contributed by atoms with Crippen LogP contribution in [0.1, 0.15) is 52.7 Å².